The van der Waals surface area contributed by atoms with Crippen LogP contribution in [-0.4, -0.2) is 26.9 Å². The Labute approximate surface area is 58.8 Å². The van der Waals surface area contributed by atoms with Gasteiger partial charge in [0.25, 0.3) is 0 Å². The monoisotopic (exact) mass is 141 g/mol. The molecular weight excluding hydrogens is 126 g/mol. The predicted octanol–water partition coefficient (Wildman–Crippen LogP) is 1.57. The summed E-state index contributed by atoms with van der Waals surface area (Å²) in [5.74, 6) is 0. The Morgan fingerprint density at radius 1 is 1.22 bits per heavy atom. The molecule has 1 nitrogen and oxygen atoms in total. The Bertz CT molecular complexity index is 110. The molecule has 0 aromatic rings. The molecule has 0 atom stereocenters. The van der Waals surface area contributed by atoms with Crippen LogP contribution in [0.3, 0.4) is 0 Å². The molecule has 0 saturated carbocycles. The van der Waals surface area contributed by atoms with Gasteiger partial charge in [-0.1, -0.05) is 11.4 Å². The van der Waals surface area contributed by atoms with Gasteiger partial charge in [-0.15, -0.1) is 13.2 Å². The highest BCUT2D eigenvalue weighted by atomic mass is 28.3. The molecule has 0 rings (SSSR count). The van der Waals surface area contributed by atoms with Crippen LogP contribution < -0.4 is 0 Å². The van der Waals surface area contributed by atoms with E-state index in [1.54, 1.807) is 0 Å². The maximum Gasteiger partial charge on any atom is 0.173 e. The van der Waals surface area contributed by atoms with Crippen LogP contribution in [0.5, 0.6) is 0 Å². The molecule has 0 aliphatic heterocycles. The highest BCUT2D eigenvalue weighted by molar-refractivity contribution is 6.85. The molecule has 0 N–H and O–H groups in total. The van der Waals surface area contributed by atoms with E-state index in [9.17, 15) is 0 Å². The van der Waals surface area contributed by atoms with Crippen molar-refractivity contribution in [2.75, 3.05) is 14.1 Å². The Morgan fingerprint density at radius 3 is 1.56 bits per heavy atom. The summed E-state index contributed by atoms with van der Waals surface area (Å²) in [6, 6.07) is 0. The second kappa shape index (κ2) is 2.99. The first-order valence-electron chi connectivity index (χ1n) is 3.01. The smallest absolute Gasteiger partial charge is 0.173 e. The molecule has 0 aromatic heterocycles. The minimum Gasteiger partial charge on any atom is -0.323 e. The normalized spacial score (nSPS) is 11.6. The quantitative estimate of drug-likeness (QED) is 0.539. The highest BCUT2D eigenvalue weighted by Gasteiger charge is 2.20. The van der Waals surface area contributed by atoms with Crippen molar-refractivity contribution < 1.29 is 0 Å². The van der Waals surface area contributed by atoms with Crippen LogP contribution in [0, 0.1) is 0 Å². The lowest BCUT2D eigenvalue weighted by atomic mass is 11.2. The molecule has 0 amide bonds. The summed E-state index contributed by atoms with van der Waals surface area (Å²) in [5, 5.41) is 0. The van der Waals surface area contributed by atoms with E-state index in [0.29, 0.717) is 0 Å². The van der Waals surface area contributed by atoms with Gasteiger partial charge in [-0.05, 0) is 20.6 Å². The molecule has 2 heteroatoms. The molecular formula is C7H15NSi. The zero-order chi connectivity index (χ0) is 7.49. The topological polar surface area (TPSA) is 3.24 Å². The van der Waals surface area contributed by atoms with Crippen molar-refractivity contribution in [2.45, 2.75) is 6.55 Å². The van der Waals surface area contributed by atoms with E-state index in [4.69, 9.17) is 0 Å². The standard InChI is InChI=1S/C7H15NSi/c1-6-9(5,7-2)8(3)4/h6-7H,1-2H2,3-5H3. The average Bonchev–Trinajstić information content (AvgIpc) is 1.86. The second-order valence-corrected chi connectivity index (χ2v) is 6.69. The zero-order valence-electron chi connectivity index (χ0n) is 6.52. The van der Waals surface area contributed by atoms with Crippen LogP contribution in [0.25, 0.3) is 0 Å². The van der Waals surface area contributed by atoms with Crippen LogP contribution in [-0.2, 0) is 0 Å². The summed E-state index contributed by atoms with van der Waals surface area (Å²) in [4.78, 5) is 0. The predicted molar refractivity (Wildman–Crippen MR) is 45.7 cm³/mol. The largest absolute Gasteiger partial charge is 0.323 e. The van der Waals surface area contributed by atoms with Crippen molar-refractivity contribution in [2.24, 2.45) is 0 Å². The molecule has 0 aromatic carbocycles. The molecule has 0 unspecified atom stereocenters. The SMILES string of the molecule is C=C[Si](C)(C=C)N(C)C. The molecule has 52 valence electrons. The van der Waals surface area contributed by atoms with Gasteiger partial charge in [0.15, 0.2) is 8.24 Å². The van der Waals surface area contributed by atoms with Gasteiger partial charge in [0.05, 0.1) is 0 Å². The molecule has 0 spiro atoms. The van der Waals surface area contributed by atoms with E-state index < -0.39 is 8.24 Å². The lowest BCUT2D eigenvalue weighted by Gasteiger charge is -2.26. The summed E-state index contributed by atoms with van der Waals surface area (Å²) in [6.07, 6.45) is 0. The van der Waals surface area contributed by atoms with E-state index >= 15 is 0 Å². The van der Waals surface area contributed by atoms with Crippen LogP contribution in [0.4, 0.5) is 0 Å². The fourth-order valence-corrected chi connectivity index (χ4v) is 1.35. The van der Waals surface area contributed by atoms with Crippen LogP contribution in [0.2, 0.25) is 6.55 Å². The summed E-state index contributed by atoms with van der Waals surface area (Å²) in [6.45, 7) is 9.75. The lowest BCUT2D eigenvalue weighted by Crippen LogP contribution is -2.42. The number of nitrogens with zero attached hydrogens (tertiary/aromatic N) is 1. The van der Waals surface area contributed by atoms with E-state index in [1.807, 2.05) is 11.4 Å². The first-order valence-corrected chi connectivity index (χ1v) is 5.61. The van der Waals surface area contributed by atoms with Crippen LogP contribution in [0.1, 0.15) is 0 Å². The van der Waals surface area contributed by atoms with Gasteiger partial charge < -0.3 is 4.57 Å². The summed E-state index contributed by atoms with van der Waals surface area (Å²) in [7, 11) is 2.72. The van der Waals surface area contributed by atoms with Gasteiger partial charge in [0, 0.05) is 0 Å². The number of hydrogen-bond donors (Lipinski definition) is 0. The Kier molecular flexibility index (Phi) is 2.87. The van der Waals surface area contributed by atoms with E-state index in [1.165, 1.54) is 0 Å². The molecule has 0 bridgehead atoms. The van der Waals surface area contributed by atoms with Gasteiger partial charge in [-0.3, -0.25) is 0 Å². The van der Waals surface area contributed by atoms with Crippen molar-refractivity contribution in [3.63, 3.8) is 0 Å². The maximum absolute atomic E-state index is 3.77. The van der Waals surface area contributed by atoms with Gasteiger partial charge in [-0.25, -0.2) is 0 Å². The van der Waals surface area contributed by atoms with Gasteiger partial charge in [0.2, 0.25) is 0 Å². The number of hydrogen-bond acceptors (Lipinski definition) is 1. The van der Waals surface area contributed by atoms with E-state index in [2.05, 4.69) is 38.4 Å². The maximum atomic E-state index is 3.77. The lowest BCUT2D eigenvalue weighted by molar-refractivity contribution is 0.638. The highest BCUT2D eigenvalue weighted by Crippen LogP contribution is 2.06. The Morgan fingerprint density at radius 2 is 1.56 bits per heavy atom. The number of rotatable bonds is 3. The molecule has 0 aliphatic carbocycles. The minimum absolute atomic E-state index is 1.41. The van der Waals surface area contributed by atoms with Gasteiger partial charge in [-0.2, -0.15) is 0 Å². The minimum atomic E-state index is -1.41. The Hall–Kier alpha value is -0.343. The second-order valence-electron chi connectivity index (χ2n) is 2.53. The van der Waals surface area contributed by atoms with E-state index in [0.717, 1.165) is 0 Å². The molecule has 0 heterocycles. The first kappa shape index (κ1) is 8.66. The molecule has 0 radical (unpaired) electrons. The van der Waals surface area contributed by atoms with Crippen molar-refractivity contribution in [3.05, 3.63) is 24.6 Å². The van der Waals surface area contributed by atoms with Crippen LogP contribution in [0.15, 0.2) is 24.6 Å². The molecule has 9 heavy (non-hydrogen) atoms. The van der Waals surface area contributed by atoms with Crippen molar-refractivity contribution in [1.29, 1.82) is 0 Å². The van der Waals surface area contributed by atoms with E-state index in [-0.39, 0.29) is 0 Å². The summed E-state index contributed by atoms with van der Waals surface area (Å²) < 4.78 is 2.20. The third-order valence-electron chi connectivity index (χ3n) is 1.79. The molecule has 0 aliphatic rings. The third kappa shape index (κ3) is 1.80. The fourth-order valence-electron chi connectivity index (χ4n) is 0.448. The van der Waals surface area contributed by atoms with Crippen LogP contribution >= 0.6 is 0 Å². The van der Waals surface area contributed by atoms with Crippen molar-refractivity contribution >= 4 is 8.24 Å². The zero-order valence-corrected chi connectivity index (χ0v) is 7.52. The summed E-state index contributed by atoms with van der Waals surface area (Å²) >= 11 is 0. The van der Waals surface area contributed by atoms with Gasteiger partial charge in [0.1, 0.15) is 0 Å². The summed E-state index contributed by atoms with van der Waals surface area (Å²) in [5.41, 5.74) is 4.03. The average molecular weight is 141 g/mol. The Balaban J connectivity index is 4.26. The van der Waals surface area contributed by atoms with Crippen molar-refractivity contribution in [3.8, 4) is 0 Å². The molecule has 0 fully saturated rings. The van der Waals surface area contributed by atoms with Gasteiger partial charge >= 0.3 is 0 Å². The fraction of sp³-hybridized carbons (Fsp3) is 0.429. The third-order valence-corrected chi connectivity index (χ3v) is 5.37. The van der Waals surface area contributed by atoms with Crippen molar-refractivity contribution in [1.82, 2.24) is 4.57 Å². The first-order chi connectivity index (χ1) is 4.06. The molecule has 0 saturated heterocycles.